The van der Waals surface area contributed by atoms with E-state index in [0.29, 0.717) is 10.8 Å². The standard InChI is InChI=1S/C20H22N4O2S/c1-23-13-16(11-22-23)19-21-12-18(27-19)20(25)24-8-6-14(7-9-24)15-4-3-5-17(10-15)26-2/h3-5,10-14H,6-9H2,1-2H3. The van der Waals surface area contributed by atoms with Crippen LogP contribution in [0.2, 0.25) is 0 Å². The number of thiazole rings is 1. The van der Waals surface area contributed by atoms with E-state index in [-0.39, 0.29) is 5.91 Å². The van der Waals surface area contributed by atoms with Crippen LogP contribution in [0.5, 0.6) is 5.75 Å². The predicted octanol–water partition coefficient (Wildman–Crippen LogP) is 3.57. The van der Waals surface area contributed by atoms with E-state index in [1.165, 1.54) is 16.9 Å². The molecule has 140 valence electrons. The second-order valence-corrected chi connectivity index (χ2v) is 7.81. The number of likely N-dealkylation sites (tertiary alicyclic amines) is 1. The monoisotopic (exact) mass is 382 g/mol. The van der Waals surface area contributed by atoms with E-state index >= 15 is 0 Å². The van der Waals surface area contributed by atoms with E-state index in [0.717, 1.165) is 42.3 Å². The maximum atomic E-state index is 12.8. The number of hydrogen-bond donors (Lipinski definition) is 0. The van der Waals surface area contributed by atoms with Gasteiger partial charge in [0.15, 0.2) is 0 Å². The van der Waals surface area contributed by atoms with Crippen LogP contribution >= 0.6 is 11.3 Å². The van der Waals surface area contributed by atoms with Gasteiger partial charge in [0.05, 0.1) is 19.5 Å². The van der Waals surface area contributed by atoms with Crippen molar-refractivity contribution < 1.29 is 9.53 Å². The van der Waals surface area contributed by atoms with Crippen molar-refractivity contribution in [2.75, 3.05) is 20.2 Å². The van der Waals surface area contributed by atoms with Gasteiger partial charge in [-0.25, -0.2) is 4.98 Å². The Bertz CT molecular complexity index is 941. The Morgan fingerprint density at radius 1 is 1.26 bits per heavy atom. The van der Waals surface area contributed by atoms with Gasteiger partial charge in [-0.1, -0.05) is 12.1 Å². The number of ether oxygens (including phenoxy) is 1. The highest BCUT2D eigenvalue weighted by atomic mass is 32.1. The number of nitrogens with zero attached hydrogens (tertiary/aromatic N) is 4. The molecule has 0 spiro atoms. The van der Waals surface area contributed by atoms with Crippen molar-refractivity contribution in [1.29, 1.82) is 0 Å². The highest BCUT2D eigenvalue weighted by Crippen LogP contribution is 2.32. The number of methoxy groups -OCH3 is 1. The van der Waals surface area contributed by atoms with E-state index < -0.39 is 0 Å². The molecule has 1 fully saturated rings. The van der Waals surface area contributed by atoms with E-state index in [1.807, 2.05) is 30.3 Å². The van der Waals surface area contributed by atoms with Crippen LogP contribution in [0, 0.1) is 0 Å². The summed E-state index contributed by atoms with van der Waals surface area (Å²) in [6.07, 6.45) is 7.29. The van der Waals surface area contributed by atoms with Gasteiger partial charge in [-0.2, -0.15) is 5.10 Å². The van der Waals surface area contributed by atoms with E-state index in [1.54, 1.807) is 24.2 Å². The van der Waals surface area contributed by atoms with E-state index in [4.69, 9.17) is 4.74 Å². The number of carbonyl (C=O) groups excluding carboxylic acids is 1. The molecule has 0 bridgehead atoms. The summed E-state index contributed by atoms with van der Waals surface area (Å²) < 4.78 is 7.06. The first-order valence-electron chi connectivity index (χ1n) is 9.02. The molecule has 0 atom stereocenters. The van der Waals surface area contributed by atoms with E-state index in [9.17, 15) is 4.79 Å². The minimum absolute atomic E-state index is 0.0757. The lowest BCUT2D eigenvalue weighted by atomic mass is 9.89. The molecule has 0 radical (unpaired) electrons. The van der Waals surface area contributed by atoms with Gasteiger partial charge in [0.25, 0.3) is 5.91 Å². The third kappa shape index (κ3) is 3.73. The van der Waals surface area contributed by atoms with Crippen molar-refractivity contribution >= 4 is 17.2 Å². The van der Waals surface area contributed by atoms with Gasteiger partial charge in [-0.15, -0.1) is 11.3 Å². The van der Waals surface area contributed by atoms with Crippen molar-refractivity contribution in [3.8, 4) is 16.3 Å². The van der Waals surface area contributed by atoms with Crippen LogP contribution in [0.3, 0.4) is 0 Å². The predicted molar refractivity (Wildman–Crippen MR) is 105 cm³/mol. The quantitative estimate of drug-likeness (QED) is 0.692. The summed E-state index contributed by atoms with van der Waals surface area (Å²) >= 11 is 1.43. The Kier molecular flexibility index (Phi) is 4.94. The largest absolute Gasteiger partial charge is 0.497 e. The molecule has 2 aromatic heterocycles. The van der Waals surface area contributed by atoms with Gasteiger partial charge in [-0.3, -0.25) is 9.48 Å². The van der Waals surface area contributed by atoms with Gasteiger partial charge in [0.1, 0.15) is 15.6 Å². The van der Waals surface area contributed by atoms with Crippen LogP contribution in [-0.2, 0) is 7.05 Å². The van der Waals surface area contributed by atoms with Crippen LogP contribution in [0.15, 0.2) is 42.9 Å². The number of aryl methyl sites for hydroxylation is 1. The maximum absolute atomic E-state index is 12.8. The average Bonchev–Trinajstić information content (AvgIpc) is 3.37. The summed E-state index contributed by atoms with van der Waals surface area (Å²) in [6, 6.07) is 8.24. The molecule has 6 nitrogen and oxygen atoms in total. The first-order chi connectivity index (χ1) is 13.1. The Balaban J connectivity index is 1.41. The number of carbonyl (C=O) groups is 1. The summed E-state index contributed by atoms with van der Waals surface area (Å²) in [5.74, 6) is 1.43. The molecule has 4 rings (SSSR count). The zero-order valence-electron chi connectivity index (χ0n) is 15.5. The minimum atomic E-state index is 0.0757. The zero-order valence-corrected chi connectivity index (χ0v) is 16.3. The maximum Gasteiger partial charge on any atom is 0.265 e. The molecular formula is C20H22N4O2S. The summed E-state index contributed by atoms with van der Waals surface area (Å²) in [7, 11) is 3.56. The number of amides is 1. The molecule has 3 aromatic rings. The average molecular weight is 382 g/mol. The molecule has 1 saturated heterocycles. The lowest BCUT2D eigenvalue weighted by Crippen LogP contribution is -2.37. The first-order valence-corrected chi connectivity index (χ1v) is 9.84. The fraction of sp³-hybridized carbons (Fsp3) is 0.350. The molecule has 1 aromatic carbocycles. The Labute approximate surface area is 162 Å². The lowest BCUT2D eigenvalue weighted by molar-refractivity contribution is 0.0717. The molecule has 1 amide bonds. The number of hydrogen-bond acceptors (Lipinski definition) is 5. The minimum Gasteiger partial charge on any atom is -0.497 e. The summed E-state index contributed by atoms with van der Waals surface area (Å²) in [4.78, 5) is 19.9. The fourth-order valence-electron chi connectivity index (χ4n) is 3.51. The third-order valence-electron chi connectivity index (χ3n) is 5.02. The Morgan fingerprint density at radius 2 is 2.07 bits per heavy atom. The van der Waals surface area contributed by atoms with Crippen molar-refractivity contribution in [3.63, 3.8) is 0 Å². The van der Waals surface area contributed by atoms with Crippen LogP contribution in [0.1, 0.15) is 34.0 Å². The highest BCUT2D eigenvalue weighted by molar-refractivity contribution is 7.16. The number of rotatable bonds is 4. The number of benzene rings is 1. The first kappa shape index (κ1) is 17.7. The van der Waals surface area contributed by atoms with Gasteiger partial charge >= 0.3 is 0 Å². The Hall–Kier alpha value is -2.67. The van der Waals surface area contributed by atoms with Gasteiger partial charge in [0.2, 0.25) is 0 Å². The number of aromatic nitrogens is 3. The lowest BCUT2D eigenvalue weighted by Gasteiger charge is -2.32. The normalized spacial score (nSPS) is 15.1. The molecular weight excluding hydrogens is 360 g/mol. The van der Waals surface area contributed by atoms with Crippen molar-refractivity contribution in [1.82, 2.24) is 19.7 Å². The van der Waals surface area contributed by atoms with Crippen molar-refractivity contribution in [2.45, 2.75) is 18.8 Å². The molecule has 1 aliphatic heterocycles. The SMILES string of the molecule is COc1cccc(C2CCN(C(=O)c3cnc(-c4cnn(C)c4)s3)CC2)c1. The Morgan fingerprint density at radius 3 is 2.78 bits per heavy atom. The molecule has 0 saturated carbocycles. The molecule has 27 heavy (non-hydrogen) atoms. The third-order valence-corrected chi connectivity index (χ3v) is 6.05. The van der Waals surface area contributed by atoms with Crippen LogP contribution in [0.25, 0.3) is 10.6 Å². The number of piperidine rings is 1. The topological polar surface area (TPSA) is 60.2 Å². The van der Waals surface area contributed by atoms with Gasteiger partial charge in [0, 0.05) is 31.9 Å². The van der Waals surface area contributed by atoms with Crippen LogP contribution in [0.4, 0.5) is 0 Å². The van der Waals surface area contributed by atoms with Crippen molar-refractivity contribution in [3.05, 3.63) is 53.3 Å². The summed E-state index contributed by atoms with van der Waals surface area (Å²) in [5, 5.41) is 5.00. The van der Waals surface area contributed by atoms with Crippen molar-refractivity contribution in [2.24, 2.45) is 7.05 Å². The molecule has 7 heteroatoms. The molecule has 0 unspecified atom stereocenters. The van der Waals surface area contributed by atoms with Gasteiger partial charge < -0.3 is 9.64 Å². The molecule has 0 N–H and O–H groups in total. The second kappa shape index (κ2) is 7.52. The highest BCUT2D eigenvalue weighted by Gasteiger charge is 2.26. The van der Waals surface area contributed by atoms with Crippen LogP contribution in [-0.4, -0.2) is 45.8 Å². The molecule has 1 aliphatic rings. The van der Waals surface area contributed by atoms with Crippen LogP contribution < -0.4 is 4.74 Å². The molecule has 3 heterocycles. The summed E-state index contributed by atoms with van der Waals surface area (Å²) in [5.41, 5.74) is 2.23. The van der Waals surface area contributed by atoms with E-state index in [2.05, 4.69) is 22.2 Å². The molecule has 0 aliphatic carbocycles. The fourth-order valence-corrected chi connectivity index (χ4v) is 4.36. The second-order valence-electron chi connectivity index (χ2n) is 6.78. The van der Waals surface area contributed by atoms with Gasteiger partial charge in [-0.05, 0) is 36.5 Å². The zero-order chi connectivity index (χ0) is 18.8. The smallest absolute Gasteiger partial charge is 0.265 e. The summed E-state index contributed by atoms with van der Waals surface area (Å²) in [6.45, 7) is 1.53.